The van der Waals surface area contributed by atoms with Gasteiger partial charge in [-0.05, 0) is 53.9 Å². The molecular formula is C21H20BrNO. The number of fused-ring (bicyclic) bond motifs is 1. The monoisotopic (exact) mass is 381 g/mol. The maximum absolute atomic E-state index is 10.6. The van der Waals surface area contributed by atoms with Gasteiger partial charge in [-0.15, -0.1) is 0 Å². The molecule has 1 heterocycles. The van der Waals surface area contributed by atoms with Crippen LogP contribution in [0, 0.1) is 0 Å². The number of phenols is 1. The van der Waals surface area contributed by atoms with Crippen molar-refractivity contribution in [1.82, 2.24) is 4.90 Å². The summed E-state index contributed by atoms with van der Waals surface area (Å²) in [5.41, 5.74) is 2.40. The Balaban J connectivity index is 1.74. The summed E-state index contributed by atoms with van der Waals surface area (Å²) in [7, 11) is 0. The minimum atomic E-state index is 0.273. The molecule has 0 bridgehead atoms. The molecular weight excluding hydrogens is 362 g/mol. The summed E-state index contributed by atoms with van der Waals surface area (Å²) in [6.45, 7) is 2.00. The molecule has 1 fully saturated rings. The molecule has 2 nitrogen and oxygen atoms in total. The third-order valence-electron chi connectivity index (χ3n) is 4.93. The molecule has 122 valence electrons. The molecule has 1 atom stereocenters. The number of hydrogen-bond donors (Lipinski definition) is 1. The Bertz CT molecular complexity index is 862. The van der Waals surface area contributed by atoms with Crippen molar-refractivity contribution < 1.29 is 5.11 Å². The van der Waals surface area contributed by atoms with Gasteiger partial charge in [-0.3, -0.25) is 4.90 Å². The number of phenolic OH excluding ortho intramolecular Hbond substituents is 1. The molecule has 3 heteroatoms. The number of likely N-dealkylation sites (tertiary alicyclic amines) is 1. The van der Waals surface area contributed by atoms with Gasteiger partial charge in [0.1, 0.15) is 5.75 Å². The topological polar surface area (TPSA) is 23.5 Å². The van der Waals surface area contributed by atoms with Crippen LogP contribution < -0.4 is 0 Å². The van der Waals surface area contributed by atoms with Gasteiger partial charge in [0.15, 0.2) is 0 Å². The van der Waals surface area contributed by atoms with Crippen molar-refractivity contribution in [3.63, 3.8) is 0 Å². The molecule has 24 heavy (non-hydrogen) atoms. The van der Waals surface area contributed by atoms with E-state index in [1.54, 1.807) is 0 Å². The molecule has 4 rings (SSSR count). The molecule has 0 aromatic heterocycles. The van der Waals surface area contributed by atoms with Crippen LogP contribution in [-0.4, -0.2) is 16.6 Å². The molecule has 1 saturated heterocycles. The SMILES string of the molecule is Oc1ccc2cc(Br)ccc2c1C1CCCN1Cc1ccccc1. The quantitative estimate of drug-likeness (QED) is 0.633. The molecule has 1 N–H and O–H groups in total. The molecule has 1 aliphatic rings. The summed E-state index contributed by atoms with van der Waals surface area (Å²) in [5.74, 6) is 0.412. The Hall–Kier alpha value is -1.84. The Morgan fingerprint density at radius 1 is 1.04 bits per heavy atom. The number of nitrogens with zero attached hydrogens (tertiary/aromatic N) is 1. The lowest BCUT2D eigenvalue weighted by atomic mass is 9.96. The van der Waals surface area contributed by atoms with E-state index in [0.29, 0.717) is 5.75 Å². The Morgan fingerprint density at radius 2 is 1.88 bits per heavy atom. The summed E-state index contributed by atoms with van der Waals surface area (Å²) in [6.07, 6.45) is 2.26. The van der Waals surface area contributed by atoms with Crippen LogP contribution >= 0.6 is 15.9 Å². The number of hydrogen-bond acceptors (Lipinski definition) is 2. The maximum Gasteiger partial charge on any atom is 0.121 e. The predicted octanol–water partition coefficient (Wildman–Crippen LogP) is 5.65. The van der Waals surface area contributed by atoms with Gasteiger partial charge in [-0.2, -0.15) is 0 Å². The van der Waals surface area contributed by atoms with Crippen LogP contribution in [0.4, 0.5) is 0 Å². The van der Waals surface area contributed by atoms with Gasteiger partial charge in [-0.25, -0.2) is 0 Å². The molecule has 3 aromatic carbocycles. The third-order valence-corrected chi connectivity index (χ3v) is 5.42. The Labute approximate surface area is 150 Å². The zero-order chi connectivity index (χ0) is 16.5. The van der Waals surface area contributed by atoms with Gasteiger partial charge in [0.05, 0.1) is 0 Å². The molecule has 3 aromatic rings. The van der Waals surface area contributed by atoms with Gasteiger partial charge in [0.2, 0.25) is 0 Å². The van der Waals surface area contributed by atoms with E-state index in [1.165, 1.54) is 17.4 Å². The van der Waals surface area contributed by atoms with Crippen LogP contribution in [0.2, 0.25) is 0 Å². The van der Waals surface area contributed by atoms with Crippen molar-refractivity contribution in [2.45, 2.75) is 25.4 Å². The standard InChI is InChI=1S/C21H20BrNO/c22-17-9-10-18-16(13-17)8-11-20(24)21(18)19-7-4-12-23(19)14-15-5-2-1-3-6-15/h1-3,5-6,8-11,13,19,24H,4,7,12,14H2. The van der Waals surface area contributed by atoms with E-state index in [4.69, 9.17) is 0 Å². The van der Waals surface area contributed by atoms with Crippen LogP contribution in [0.3, 0.4) is 0 Å². The van der Waals surface area contributed by atoms with Gasteiger partial charge in [0, 0.05) is 22.6 Å². The van der Waals surface area contributed by atoms with Gasteiger partial charge < -0.3 is 5.11 Å². The second-order valence-corrected chi connectivity index (χ2v) is 7.39. The summed E-state index contributed by atoms with van der Waals surface area (Å²) < 4.78 is 1.07. The summed E-state index contributed by atoms with van der Waals surface area (Å²) in [4.78, 5) is 2.49. The van der Waals surface area contributed by atoms with E-state index in [-0.39, 0.29) is 6.04 Å². The van der Waals surface area contributed by atoms with Crippen LogP contribution in [0.1, 0.15) is 30.0 Å². The summed E-state index contributed by atoms with van der Waals surface area (Å²) >= 11 is 3.54. The molecule has 1 aliphatic heterocycles. The first-order valence-corrected chi connectivity index (χ1v) is 9.21. The van der Waals surface area contributed by atoms with E-state index in [1.807, 2.05) is 12.1 Å². The molecule has 1 unspecified atom stereocenters. The number of halogens is 1. The number of benzene rings is 3. The second kappa shape index (κ2) is 6.58. The smallest absolute Gasteiger partial charge is 0.121 e. The first-order chi connectivity index (χ1) is 11.7. The van der Waals surface area contributed by atoms with Crippen molar-refractivity contribution >= 4 is 26.7 Å². The lowest BCUT2D eigenvalue weighted by Gasteiger charge is -2.26. The highest BCUT2D eigenvalue weighted by molar-refractivity contribution is 9.10. The van der Waals surface area contributed by atoms with E-state index >= 15 is 0 Å². The fourth-order valence-electron chi connectivity index (χ4n) is 3.82. The van der Waals surface area contributed by atoms with E-state index < -0.39 is 0 Å². The van der Waals surface area contributed by atoms with Crippen molar-refractivity contribution in [3.05, 3.63) is 76.3 Å². The van der Waals surface area contributed by atoms with Crippen molar-refractivity contribution in [2.24, 2.45) is 0 Å². The molecule has 0 aliphatic carbocycles. The van der Waals surface area contributed by atoms with Crippen LogP contribution in [0.25, 0.3) is 10.8 Å². The Kier molecular flexibility index (Phi) is 4.30. The minimum Gasteiger partial charge on any atom is -0.508 e. The fraction of sp³-hybridized carbons (Fsp3) is 0.238. The lowest BCUT2D eigenvalue weighted by molar-refractivity contribution is 0.245. The zero-order valence-corrected chi connectivity index (χ0v) is 15.0. The molecule has 0 amide bonds. The number of rotatable bonds is 3. The highest BCUT2D eigenvalue weighted by Gasteiger charge is 2.29. The van der Waals surface area contributed by atoms with Crippen molar-refractivity contribution in [3.8, 4) is 5.75 Å². The zero-order valence-electron chi connectivity index (χ0n) is 13.5. The highest BCUT2D eigenvalue weighted by atomic mass is 79.9. The van der Waals surface area contributed by atoms with Crippen LogP contribution in [0.15, 0.2) is 65.1 Å². The molecule has 0 spiro atoms. The van der Waals surface area contributed by atoms with Gasteiger partial charge in [0.25, 0.3) is 0 Å². The number of aromatic hydroxyl groups is 1. The van der Waals surface area contributed by atoms with Crippen LogP contribution in [-0.2, 0) is 6.54 Å². The average Bonchev–Trinajstić information content (AvgIpc) is 3.03. The second-order valence-electron chi connectivity index (χ2n) is 6.48. The maximum atomic E-state index is 10.6. The third kappa shape index (κ3) is 2.94. The molecule has 0 radical (unpaired) electrons. The van der Waals surface area contributed by atoms with E-state index in [9.17, 15) is 5.11 Å². The lowest BCUT2D eigenvalue weighted by Crippen LogP contribution is -2.23. The fourth-order valence-corrected chi connectivity index (χ4v) is 4.20. The summed E-state index contributed by atoms with van der Waals surface area (Å²) in [6, 6.07) is 21.0. The predicted molar refractivity (Wildman–Crippen MR) is 102 cm³/mol. The normalized spacial score (nSPS) is 18.3. The largest absolute Gasteiger partial charge is 0.508 e. The van der Waals surface area contributed by atoms with Crippen LogP contribution in [0.5, 0.6) is 5.75 Å². The van der Waals surface area contributed by atoms with E-state index in [0.717, 1.165) is 34.9 Å². The first kappa shape index (κ1) is 15.7. The minimum absolute atomic E-state index is 0.273. The average molecular weight is 382 g/mol. The Morgan fingerprint density at radius 3 is 2.71 bits per heavy atom. The summed E-state index contributed by atoms with van der Waals surface area (Å²) in [5, 5.41) is 12.9. The van der Waals surface area contributed by atoms with Crippen molar-refractivity contribution in [1.29, 1.82) is 0 Å². The van der Waals surface area contributed by atoms with Gasteiger partial charge in [-0.1, -0.05) is 58.4 Å². The van der Waals surface area contributed by atoms with Crippen molar-refractivity contribution in [2.75, 3.05) is 6.54 Å². The van der Waals surface area contributed by atoms with Gasteiger partial charge >= 0.3 is 0 Å². The molecule has 0 saturated carbocycles. The highest BCUT2D eigenvalue weighted by Crippen LogP contribution is 2.41. The first-order valence-electron chi connectivity index (χ1n) is 8.41. The van der Waals surface area contributed by atoms with E-state index in [2.05, 4.69) is 69.4 Å².